The number of hydrogen-bond acceptors (Lipinski definition) is 2. The lowest BCUT2D eigenvalue weighted by Gasteiger charge is -2.12. The zero-order valence-corrected chi connectivity index (χ0v) is 12.5. The van der Waals surface area contributed by atoms with E-state index < -0.39 is 0 Å². The fourth-order valence-corrected chi connectivity index (χ4v) is 2.13. The van der Waals surface area contributed by atoms with Gasteiger partial charge in [0.1, 0.15) is 5.75 Å². The van der Waals surface area contributed by atoms with Crippen molar-refractivity contribution in [3.63, 3.8) is 0 Å². The first-order chi connectivity index (χ1) is 9.15. The molecule has 0 amide bonds. The van der Waals surface area contributed by atoms with Gasteiger partial charge in [-0.1, -0.05) is 26.0 Å². The lowest BCUT2D eigenvalue weighted by atomic mass is 9.98. The second kappa shape index (κ2) is 8.76. The molecule has 0 aromatic heterocycles. The molecule has 2 nitrogen and oxygen atoms in total. The number of aryl methyl sites for hydroxylation is 1. The number of nitrogens with one attached hydrogen (secondary N) is 1. The summed E-state index contributed by atoms with van der Waals surface area (Å²) >= 11 is 0. The SMILES string of the molecule is C=CCNCCCCOc1ccc(C(C)C)c(C)c1. The van der Waals surface area contributed by atoms with Crippen LogP contribution in [0.1, 0.15) is 43.7 Å². The predicted octanol–water partition coefficient (Wildman–Crippen LogP) is 4.05. The fourth-order valence-electron chi connectivity index (χ4n) is 2.13. The van der Waals surface area contributed by atoms with Gasteiger partial charge in [-0.2, -0.15) is 0 Å². The summed E-state index contributed by atoms with van der Waals surface area (Å²) in [7, 11) is 0. The van der Waals surface area contributed by atoms with Gasteiger partial charge in [-0.15, -0.1) is 6.58 Å². The standard InChI is InChI=1S/C17H27NO/c1-5-10-18-11-6-7-12-19-16-8-9-17(14(2)3)15(4)13-16/h5,8-9,13-14,18H,1,6-7,10-12H2,2-4H3. The minimum absolute atomic E-state index is 0.574. The van der Waals surface area contributed by atoms with Crippen LogP contribution in [0.15, 0.2) is 30.9 Å². The van der Waals surface area contributed by atoms with Crippen molar-refractivity contribution < 1.29 is 4.74 Å². The monoisotopic (exact) mass is 261 g/mol. The molecular weight excluding hydrogens is 234 g/mol. The predicted molar refractivity (Wildman–Crippen MR) is 83.1 cm³/mol. The fraction of sp³-hybridized carbons (Fsp3) is 0.529. The van der Waals surface area contributed by atoms with Crippen molar-refractivity contribution in [1.82, 2.24) is 5.32 Å². The first-order valence-electron chi connectivity index (χ1n) is 7.20. The molecule has 0 saturated heterocycles. The molecule has 1 rings (SSSR count). The van der Waals surface area contributed by atoms with Gasteiger partial charge in [0.05, 0.1) is 6.61 Å². The third kappa shape index (κ3) is 5.93. The molecule has 106 valence electrons. The summed E-state index contributed by atoms with van der Waals surface area (Å²) in [6.07, 6.45) is 4.10. The molecule has 0 saturated carbocycles. The van der Waals surface area contributed by atoms with Crippen LogP contribution in [0, 0.1) is 6.92 Å². The number of unbranched alkanes of at least 4 members (excludes halogenated alkanes) is 1. The molecular formula is C17H27NO. The molecule has 1 aromatic carbocycles. The first-order valence-corrected chi connectivity index (χ1v) is 7.20. The Bertz CT molecular complexity index is 385. The van der Waals surface area contributed by atoms with E-state index in [1.807, 2.05) is 6.08 Å². The quantitative estimate of drug-likeness (QED) is 0.535. The van der Waals surface area contributed by atoms with Crippen molar-refractivity contribution in [3.05, 3.63) is 42.0 Å². The van der Waals surface area contributed by atoms with Crippen LogP contribution in [-0.2, 0) is 0 Å². The molecule has 0 radical (unpaired) electrons. The summed E-state index contributed by atoms with van der Waals surface area (Å²) in [5.41, 5.74) is 2.72. The lowest BCUT2D eigenvalue weighted by molar-refractivity contribution is 0.306. The molecule has 2 heteroatoms. The van der Waals surface area contributed by atoms with Crippen molar-refractivity contribution in [3.8, 4) is 5.75 Å². The zero-order valence-electron chi connectivity index (χ0n) is 12.5. The number of rotatable bonds is 9. The maximum absolute atomic E-state index is 5.78. The minimum Gasteiger partial charge on any atom is -0.494 e. The molecule has 0 heterocycles. The highest BCUT2D eigenvalue weighted by Gasteiger charge is 2.04. The summed E-state index contributed by atoms with van der Waals surface area (Å²) in [6, 6.07) is 6.41. The second-order valence-electron chi connectivity index (χ2n) is 5.22. The molecule has 0 fully saturated rings. The Hall–Kier alpha value is -1.28. The highest BCUT2D eigenvalue weighted by molar-refractivity contribution is 5.36. The molecule has 0 aliphatic rings. The lowest BCUT2D eigenvalue weighted by Crippen LogP contribution is -2.15. The van der Waals surface area contributed by atoms with E-state index in [9.17, 15) is 0 Å². The summed E-state index contributed by atoms with van der Waals surface area (Å²) in [5, 5.41) is 3.29. The highest BCUT2D eigenvalue weighted by atomic mass is 16.5. The molecule has 0 unspecified atom stereocenters. The van der Waals surface area contributed by atoms with Gasteiger partial charge in [0.2, 0.25) is 0 Å². The molecule has 0 aliphatic carbocycles. The van der Waals surface area contributed by atoms with E-state index in [1.54, 1.807) is 0 Å². The molecule has 19 heavy (non-hydrogen) atoms. The van der Waals surface area contributed by atoms with Gasteiger partial charge >= 0.3 is 0 Å². The Kier molecular flexibility index (Phi) is 7.27. The first kappa shape index (κ1) is 15.8. The van der Waals surface area contributed by atoms with Crippen LogP contribution < -0.4 is 10.1 Å². The third-order valence-electron chi connectivity index (χ3n) is 3.17. The normalized spacial score (nSPS) is 10.7. The number of benzene rings is 1. The van der Waals surface area contributed by atoms with Crippen LogP contribution in [0.4, 0.5) is 0 Å². The van der Waals surface area contributed by atoms with Crippen LogP contribution in [0.5, 0.6) is 5.75 Å². The van der Waals surface area contributed by atoms with Crippen LogP contribution >= 0.6 is 0 Å². The summed E-state index contributed by atoms with van der Waals surface area (Å²) in [6.45, 7) is 13.0. The van der Waals surface area contributed by atoms with Crippen molar-refractivity contribution in [2.75, 3.05) is 19.7 Å². The average molecular weight is 261 g/mol. The van der Waals surface area contributed by atoms with Gasteiger partial charge < -0.3 is 10.1 Å². The molecule has 0 bridgehead atoms. The van der Waals surface area contributed by atoms with E-state index in [-0.39, 0.29) is 0 Å². The van der Waals surface area contributed by atoms with E-state index in [4.69, 9.17) is 4.74 Å². The van der Waals surface area contributed by atoms with Crippen LogP contribution in [0.2, 0.25) is 0 Å². The summed E-state index contributed by atoms with van der Waals surface area (Å²) in [5.74, 6) is 1.56. The second-order valence-corrected chi connectivity index (χ2v) is 5.22. The highest BCUT2D eigenvalue weighted by Crippen LogP contribution is 2.23. The van der Waals surface area contributed by atoms with Crippen molar-refractivity contribution in [2.24, 2.45) is 0 Å². The van der Waals surface area contributed by atoms with Gasteiger partial charge in [0.15, 0.2) is 0 Å². The van der Waals surface area contributed by atoms with Crippen molar-refractivity contribution >= 4 is 0 Å². The van der Waals surface area contributed by atoms with E-state index in [2.05, 4.69) is 50.9 Å². The Morgan fingerprint density at radius 1 is 1.32 bits per heavy atom. The number of ether oxygens (including phenoxy) is 1. The largest absolute Gasteiger partial charge is 0.494 e. The van der Waals surface area contributed by atoms with Gasteiger partial charge in [0, 0.05) is 6.54 Å². The Morgan fingerprint density at radius 3 is 2.74 bits per heavy atom. The summed E-state index contributed by atoms with van der Waals surface area (Å²) < 4.78 is 5.78. The third-order valence-corrected chi connectivity index (χ3v) is 3.17. The number of hydrogen-bond donors (Lipinski definition) is 1. The van der Waals surface area contributed by atoms with Crippen LogP contribution in [0.25, 0.3) is 0 Å². The van der Waals surface area contributed by atoms with Crippen molar-refractivity contribution in [2.45, 2.75) is 39.5 Å². The average Bonchev–Trinajstić information content (AvgIpc) is 2.37. The van der Waals surface area contributed by atoms with E-state index in [0.717, 1.165) is 38.3 Å². The Balaban J connectivity index is 2.26. The molecule has 0 atom stereocenters. The van der Waals surface area contributed by atoms with Crippen LogP contribution in [-0.4, -0.2) is 19.7 Å². The molecule has 0 spiro atoms. The van der Waals surface area contributed by atoms with Gasteiger partial charge in [-0.3, -0.25) is 0 Å². The van der Waals surface area contributed by atoms with Crippen LogP contribution in [0.3, 0.4) is 0 Å². The van der Waals surface area contributed by atoms with Gasteiger partial charge in [-0.05, 0) is 55.5 Å². The van der Waals surface area contributed by atoms with Crippen molar-refractivity contribution in [1.29, 1.82) is 0 Å². The Labute approximate surface area is 117 Å². The maximum Gasteiger partial charge on any atom is 0.119 e. The zero-order chi connectivity index (χ0) is 14.1. The smallest absolute Gasteiger partial charge is 0.119 e. The van der Waals surface area contributed by atoms with E-state index in [1.165, 1.54) is 11.1 Å². The van der Waals surface area contributed by atoms with Gasteiger partial charge in [-0.25, -0.2) is 0 Å². The molecule has 1 N–H and O–H groups in total. The minimum atomic E-state index is 0.574. The maximum atomic E-state index is 5.78. The topological polar surface area (TPSA) is 21.3 Å². The summed E-state index contributed by atoms with van der Waals surface area (Å²) in [4.78, 5) is 0. The molecule has 1 aromatic rings. The van der Waals surface area contributed by atoms with E-state index >= 15 is 0 Å². The van der Waals surface area contributed by atoms with E-state index in [0.29, 0.717) is 5.92 Å². The molecule has 0 aliphatic heterocycles. The Morgan fingerprint density at radius 2 is 2.11 bits per heavy atom. The van der Waals surface area contributed by atoms with Gasteiger partial charge in [0.25, 0.3) is 0 Å².